The number of carbonyl (C=O) groups is 1. The molecule has 0 aliphatic heterocycles. The molecule has 134 valence electrons. The fraction of sp³-hybridized carbons (Fsp3) is 0.158. The monoisotopic (exact) mass is 388 g/mol. The van der Waals surface area contributed by atoms with Crippen LogP contribution in [0.15, 0.2) is 59.3 Å². The van der Waals surface area contributed by atoms with Crippen molar-refractivity contribution in [3.05, 3.63) is 65.3 Å². The summed E-state index contributed by atoms with van der Waals surface area (Å²) in [5.41, 5.74) is 2.56. The Balaban J connectivity index is 1.60. The number of methoxy groups -OCH3 is 1. The first-order valence-electron chi connectivity index (χ1n) is 7.87. The Kier molecular flexibility index (Phi) is 6.20. The number of rotatable bonds is 7. The van der Waals surface area contributed by atoms with Gasteiger partial charge in [-0.1, -0.05) is 47.1 Å². The highest BCUT2D eigenvalue weighted by atomic mass is 35.5. The SMILES string of the molecule is COc1cccc(-c2cnoc2NC(=O)CSCc2ccccc2Cl)c1. The van der Waals surface area contributed by atoms with Gasteiger partial charge in [-0.05, 0) is 29.3 Å². The molecule has 0 aliphatic carbocycles. The number of carbonyl (C=O) groups excluding carboxylic acids is 1. The molecule has 1 N–H and O–H groups in total. The van der Waals surface area contributed by atoms with Crippen LogP contribution in [-0.2, 0) is 10.5 Å². The van der Waals surface area contributed by atoms with Crippen molar-refractivity contribution < 1.29 is 14.1 Å². The summed E-state index contributed by atoms with van der Waals surface area (Å²) in [6.07, 6.45) is 1.57. The molecule has 7 heteroatoms. The smallest absolute Gasteiger partial charge is 0.239 e. The standard InChI is InChI=1S/C19H17ClN2O3S/c1-24-15-7-4-6-13(9-15)16-10-21-25-19(16)22-18(23)12-26-11-14-5-2-3-8-17(14)20/h2-10H,11-12H2,1H3,(H,22,23). The van der Waals surface area contributed by atoms with Gasteiger partial charge in [0.25, 0.3) is 0 Å². The topological polar surface area (TPSA) is 64.4 Å². The molecule has 5 nitrogen and oxygen atoms in total. The molecule has 0 saturated carbocycles. The molecule has 0 bridgehead atoms. The minimum absolute atomic E-state index is 0.164. The first-order chi connectivity index (χ1) is 12.7. The minimum atomic E-state index is -0.164. The average molecular weight is 389 g/mol. The third-order valence-corrected chi connectivity index (χ3v) is 5.00. The van der Waals surface area contributed by atoms with Crippen LogP contribution in [0, 0.1) is 0 Å². The number of ether oxygens (including phenoxy) is 1. The van der Waals surface area contributed by atoms with Gasteiger partial charge in [0, 0.05) is 10.8 Å². The number of hydrogen-bond acceptors (Lipinski definition) is 5. The third-order valence-electron chi connectivity index (χ3n) is 3.65. The Hall–Kier alpha value is -2.44. The number of benzene rings is 2. The van der Waals surface area contributed by atoms with E-state index in [1.165, 1.54) is 11.8 Å². The van der Waals surface area contributed by atoms with Crippen LogP contribution >= 0.6 is 23.4 Å². The fourth-order valence-electron chi connectivity index (χ4n) is 2.36. The van der Waals surface area contributed by atoms with Crippen molar-refractivity contribution in [2.45, 2.75) is 5.75 Å². The molecule has 26 heavy (non-hydrogen) atoms. The Morgan fingerprint density at radius 2 is 2.12 bits per heavy atom. The maximum absolute atomic E-state index is 12.2. The zero-order chi connectivity index (χ0) is 18.4. The van der Waals surface area contributed by atoms with Gasteiger partial charge in [0.15, 0.2) is 0 Å². The quantitative estimate of drug-likeness (QED) is 0.625. The summed E-state index contributed by atoms with van der Waals surface area (Å²) in [7, 11) is 1.60. The van der Waals surface area contributed by atoms with Crippen LogP contribution in [-0.4, -0.2) is 23.9 Å². The highest BCUT2D eigenvalue weighted by molar-refractivity contribution is 7.99. The third kappa shape index (κ3) is 4.59. The zero-order valence-corrected chi connectivity index (χ0v) is 15.6. The van der Waals surface area contributed by atoms with Gasteiger partial charge >= 0.3 is 0 Å². The van der Waals surface area contributed by atoms with Crippen LogP contribution in [0.3, 0.4) is 0 Å². The molecule has 0 saturated heterocycles. The van der Waals surface area contributed by atoms with E-state index in [-0.39, 0.29) is 11.7 Å². The van der Waals surface area contributed by atoms with Gasteiger partial charge in [-0.3, -0.25) is 10.1 Å². The second-order valence-corrected chi connectivity index (χ2v) is 6.83. The largest absolute Gasteiger partial charge is 0.497 e. The number of hydrogen-bond donors (Lipinski definition) is 1. The zero-order valence-electron chi connectivity index (χ0n) is 14.1. The molecule has 2 aromatic carbocycles. The van der Waals surface area contributed by atoms with E-state index in [0.29, 0.717) is 22.2 Å². The van der Waals surface area contributed by atoms with E-state index in [0.717, 1.165) is 16.9 Å². The summed E-state index contributed by atoms with van der Waals surface area (Å²) in [6.45, 7) is 0. The van der Waals surface area contributed by atoms with E-state index < -0.39 is 0 Å². The second-order valence-electron chi connectivity index (χ2n) is 5.43. The van der Waals surface area contributed by atoms with Gasteiger partial charge in [-0.15, -0.1) is 11.8 Å². The lowest BCUT2D eigenvalue weighted by atomic mass is 10.1. The lowest BCUT2D eigenvalue weighted by molar-refractivity contribution is -0.113. The first kappa shape index (κ1) is 18.4. The van der Waals surface area contributed by atoms with Crippen LogP contribution in [0.4, 0.5) is 5.88 Å². The maximum Gasteiger partial charge on any atom is 0.239 e. The maximum atomic E-state index is 12.2. The molecule has 3 aromatic rings. The molecule has 0 aliphatic rings. The summed E-state index contributed by atoms with van der Waals surface area (Å²) >= 11 is 7.60. The van der Waals surface area contributed by atoms with Crippen molar-refractivity contribution in [3.8, 4) is 16.9 Å². The van der Waals surface area contributed by atoms with Gasteiger partial charge in [-0.2, -0.15) is 0 Å². The van der Waals surface area contributed by atoms with Crippen LogP contribution in [0.5, 0.6) is 5.75 Å². The summed E-state index contributed by atoms with van der Waals surface area (Å²) in [5.74, 6) is 1.82. The summed E-state index contributed by atoms with van der Waals surface area (Å²) < 4.78 is 10.4. The Morgan fingerprint density at radius 1 is 1.27 bits per heavy atom. The molecule has 0 radical (unpaired) electrons. The van der Waals surface area contributed by atoms with Crippen molar-refractivity contribution in [3.63, 3.8) is 0 Å². The van der Waals surface area contributed by atoms with Gasteiger partial charge in [-0.25, -0.2) is 0 Å². The van der Waals surface area contributed by atoms with Gasteiger partial charge in [0.2, 0.25) is 11.8 Å². The van der Waals surface area contributed by atoms with E-state index in [2.05, 4.69) is 10.5 Å². The predicted molar refractivity (Wildman–Crippen MR) is 105 cm³/mol. The van der Waals surface area contributed by atoms with Gasteiger partial charge in [0.1, 0.15) is 5.75 Å². The molecule has 0 spiro atoms. The van der Waals surface area contributed by atoms with Crippen molar-refractivity contribution >= 4 is 35.2 Å². The summed E-state index contributed by atoms with van der Waals surface area (Å²) in [4.78, 5) is 12.2. The number of halogens is 1. The number of nitrogens with zero attached hydrogens (tertiary/aromatic N) is 1. The number of thioether (sulfide) groups is 1. The van der Waals surface area contributed by atoms with Crippen LogP contribution in [0.25, 0.3) is 11.1 Å². The van der Waals surface area contributed by atoms with Crippen molar-refractivity contribution in [1.29, 1.82) is 0 Å². The molecule has 0 fully saturated rings. The highest BCUT2D eigenvalue weighted by Crippen LogP contribution is 2.30. The molecule has 0 unspecified atom stereocenters. The molecule has 1 heterocycles. The van der Waals surface area contributed by atoms with E-state index >= 15 is 0 Å². The lowest BCUT2D eigenvalue weighted by Crippen LogP contribution is -2.14. The lowest BCUT2D eigenvalue weighted by Gasteiger charge is -2.06. The van der Waals surface area contributed by atoms with E-state index in [9.17, 15) is 4.79 Å². The number of nitrogens with one attached hydrogen (secondary N) is 1. The number of aromatic nitrogens is 1. The molecular weight excluding hydrogens is 372 g/mol. The molecule has 3 rings (SSSR count). The summed E-state index contributed by atoms with van der Waals surface area (Å²) in [5, 5.41) is 7.26. The van der Waals surface area contributed by atoms with Crippen molar-refractivity contribution in [2.24, 2.45) is 0 Å². The molecule has 1 aromatic heterocycles. The Morgan fingerprint density at radius 3 is 2.92 bits per heavy atom. The average Bonchev–Trinajstić information content (AvgIpc) is 3.11. The molecule has 0 atom stereocenters. The molecular formula is C19H17ClN2O3S. The van der Waals surface area contributed by atoms with Crippen molar-refractivity contribution in [2.75, 3.05) is 18.2 Å². The predicted octanol–water partition coefficient (Wildman–Crippen LogP) is 4.88. The molecule has 1 amide bonds. The highest BCUT2D eigenvalue weighted by Gasteiger charge is 2.14. The van der Waals surface area contributed by atoms with Gasteiger partial charge in [0.05, 0.1) is 24.6 Å². The Labute approximate surface area is 160 Å². The summed E-state index contributed by atoms with van der Waals surface area (Å²) in [6, 6.07) is 15.1. The fourth-order valence-corrected chi connectivity index (χ4v) is 3.47. The van der Waals surface area contributed by atoms with E-state index in [4.69, 9.17) is 20.9 Å². The van der Waals surface area contributed by atoms with E-state index in [1.807, 2.05) is 48.5 Å². The van der Waals surface area contributed by atoms with Crippen LogP contribution in [0.2, 0.25) is 5.02 Å². The second kappa shape index (κ2) is 8.78. The normalized spacial score (nSPS) is 10.5. The Bertz CT molecular complexity index is 898. The van der Waals surface area contributed by atoms with Crippen LogP contribution in [0.1, 0.15) is 5.56 Å². The van der Waals surface area contributed by atoms with Crippen molar-refractivity contribution in [1.82, 2.24) is 5.16 Å². The van der Waals surface area contributed by atoms with Crippen LogP contribution < -0.4 is 10.1 Å². The van der Waals surface area contributed by atoms with Gasteiger partial charge < -0.3 is 9.26 Å². The van der Waals surface area contributed by atoms with E-state index in [1.54, 1.807) is 13.3 Å². The minimum Gasteiger partial charge on any atom is -0.497 e. The number of anilines is 1. The number of amides is 1. The first-order valence-corrected chi connectivity index (χ1v) is 9.40.